The quantitative estimate of drug-likeness (QED) is 0.464. The van der Waals surface area contributed by atoms with Gasteiger partial charge in [0.05, 0.1) is 23.2 Å². The van der Waals surface area contributed by atoms with Crippen molar-refractivity contribution in [2.75, 3.05) is 11.9 Å². The van der Waals surface area contributed by atoms with Crippen LogP contribution in [0.2, 0.25) is 0 Å². The topological polar surface area (TPSA) is 69.0 Å². The average Bonchev–Trinajstić information content (AvgIpc) is 3.06. The minimum absolute atomic E-state index is 0.128. The van der Waals surface area contributed by atoms with Crippen molar-refractivity contribution in [2.45, 2.75) is 13.5 Å². The molecule has 2 aromatic heterocycles. The second kappa shape index (κ2) is 7.48. The lowest BCUT2D eigenvalue weighted by Gasteiger charge is -2.09. The highest BCUT2D eigenvalue weighted by Gasteiger charge is 2.16. The van der Waals surface area contributed by atoms with Gasteiger partial charge in [0.15, 0.2) is 5.65 Å². The third-order valence-corrected chi connectivity index (χ3v) is 5.01. The molecule has 0 saturated carbocycles. The number of aromatic nitrogens is 3. The Balaban J connectivity index is 1.52. The van der Waals surface area contributed by atoms with E-state index in [2.05, 4.69) is 5.32 Å². The number of anilines is 1. The van der Waals surface area contributed by atoms with Crippen LogP contribution in [0.3, 0.4) is 0 Å². The second-order valence-electron chi connectivity index (χ2n) is 6.99. The minimum Gasteiger partial charge on any atom is -0.494 e. The molecule has 6 heteroatoms. The van der Waals surface area contributed by atoms with Gasteiger partial charge in [-0.3, -0.25) is 4.79 Å². The average molecular weight is 396 g/mol. The van der Waals surface area contributed by atoms with E-state index in [0.717, 1.165) is 38.9 Å². The Morgan fingerprint density at radius 1 is 0.933 bits per heavy atom. The summed E-state index contributed by atoms with van der Waals surface area (Å²) >= 11 is 0. The van der Waals surface area contributed by atoms with Crippen molar-refractivity contribution in [3.63, 3.8) is 0 Å². The van der Waals surface area contributed by atoms with E-state index in [1.54, 1.807) is 0 Å². The molecule has 1 N–H and O–H groups in total. The Kier molecular flexibility index (Phi) is 4.52. The number of carbonyl (C=O) groups is 1. The number of ether oxygens (including phenoxy) is 1. The fourth-order valence-electron chi connectivity index (χ4n) is 3.69. The molecule has 0 bridgehead atoms. The molecule has 30 heavy (non-hydrogen) atoms. The van der Waals surface area contributed by atoms with Crippen molar-refractivity contribution in [1.82, 2.24) is 14.5 Å². The van der Waals surface area contributed by atoms with Gasteiger partial charge in [0.2, 0.25) is 5.91 Å². The van der Waals surface area contributed by atoms with E-state index in [0.29, 0.717) is 12.3 Å². The molecule has 0 fully saturated rings. The summed E-state index contributed by atoms with van der Waals surface area (Å²) in [6.45, 7) is 2.69. The molecular weight excluding hydrogens is 376 g/mol. The van der Waals surface area contributed by atoms with Gasteiger partial charge in [0.25, 0.3) is 0 Å². The summed E-state index contributed by atoms with van der Waals surface area (Å²) in [6, 6.07) is 23.1. The summed E-state index contributed by atoms with van der Waals surface area (Å²) in [5, 5.41) is 3.94. The Morgan fingerprint density at radius 2 is 1.63 bits per heavy atom. The van der Waals surface area contributed by atoms with Crippen molar-refractivity contribution in [3.05, 3.63) is 72.8 Å². The smallest absolute Gasteiger partial charge is 0.244 e. The predicted octanol–water partition coefficient (Wildman–Crippen LogP) is 4.78. The van der Waals surface area contributed by atoms with E-state index in [-0.39, 0.29) is 12.5 Å². The van der Waals surface area contributed by atoms with Crippen molar-refractivity contribution in [2.24, 2.45) is 0 Å². The molecule has 0 aliphatic carbocycles. The molecule has 148 valence electrons. The van der Waals surface area contributed by atoms with Gasteiger partial charge in [-0.2, -0.15) is 0 Å². The van der Waals surface area contributed by atoms with E-state index in [4.69, 9.17) is 14.7 Å². The number of benzene rings is 3. The molecule has 2 heterocycles. The molecule has 5 rings (SSSR count). The highest BCUT2D eigenvalue weighted by Crippen LogP contribution is 2.28. The summed E-state index contributed by atoms with van der Waals surface area (Å²) in [5.41, 5.74) is 4.81. The SMILES string of the molecule is CCOc1ccc(NC(=O)Cn2c3ccccc3c3nc4ccccc4nc32)cc1. The van der Waals surface area contributed by atoms with Crippen molar-refractivity contribution >= 4 is 44.7 Å². The lowest BCUT2D eigenvalue weighted by molar-refractivity contribution is -0.116. The molecule has 0 atom stereocenters. The van der Waals surface area contributed by atoms with Gasteiger partial charge in [0, 0.05) is 11.1 Å². The molecule has 0 spiro atoms. The first-order valence-electron chi connectivity index (χ1n) is 9.89. The van der Waals surface area contributed by atoms with E-state index >= 15 is 0 Å². The van der Waals surface area contributed by atoms with Gasteiger partial charge in [-0.25, -0.2) is 9.97 Å². The number of amides is 1. The van der Waals surface area contributed by atoms with Crippen LogP contribution in [0.1, 0.15) is 6.92 Å². The monoisotopic (exact) mass is 396 g/mol. The number of hydrogen-bond donors (Lipinski definition) is 1. The van der Waals surface area contributed by atoms with E-state index in [1.165, 1.54) is 0 Å². The second-order valence-corrected chi connectivity index (χ2v) is 6.99. The molecule has 0 aliphatic rings. The van der Waals surface area contributed by atoms with Crippen LogP contribution in [0.15, 0.2) is 72.8 Å². The maximum absolute atomic E-state index is 12.8. The highest BCUT2D eigenvalue weighted by molar-refractivity contribution is 6.07. The Hall–Kier alpha value is -3.93. The summed E-state index contributed by atoms with van der Waals surface area (Å²) in [5.74, 6) is 0.650. The highest BCUT2D eigenvalue weighted by atomic mass is 16.5. The normalized spacial score (nSPS) is 11.2. The third-order valence-electron chi connectivity index (χ3n) is 5.01. The Labute approximate surface area is 173 Å². The summed E-state index contributed by atoms with van der Waals surface area (Å²) in [4.78, 5) is 22.5. The number of fused-ring (bicyclic) bond motifs is 4. The van der Waals surface area contributed by atoms with Crippen LogP contribution in [0.4, 0.5) is 5.69 Å². The number of para-hydroxylation sites is 3. The molecule has 5 aromatic rings. The van der Waals surface area contributed by atoms with E-state index in [1.807, 2.05) is 84.3 Å². The maximum Gasteiger partial charge on any atom is 0.244 e. The van der Waals surface area contributed by atoms with Crippen LogP contribution in [0.25, 0.3) is 33.1 Å². The number of carbonyl (C=O) groups excluding carboxylic acids is 1. The lowest BCUT2D eigenvalue weighted by Crippen LogP contribution is -2.18. The molecule has 0 saturated heterocycles. The van der Waals surface area contributed by atoms with Crippen molar-refractivity contribution in [1.29, 1.82) is 0 Å². The van der Waals surface area contributed by atoms with Gasteiger partial charge in [-0.05, 0) is 49.4 Å². The first-order chi connectivity index (χ1) is 14.7. The number of hydrogen-bond acceptors (Lipinski definition) is 4. The Morgan fingerprint density at radius 3 is 2.40 bits per heavy atom. The van der Waals surface area contributed by atoms with Gasteiger partial charge in [0.1, 0.15) is 17.8 Å². The third kappa shape index (κ3) is 3.22. The van der Waals surface area contributed by atoms with Crippen molar-refractivity contribution in [3.8, 4) is 5.75 Å². The molecule has 1 amide bonds. The summed E-state index contributed by atoms with van der Waals surface area (Å²) in [7, 11) is 0. The van der Waals surface area contributed by atoms with Gasteiger partial charge < -0.3 is 14.6 Å². The van der Waals surface area contributed by atoms with Crippen LogP contribution in [0.5, 0.6) is 5.75 Å². The van der Waals surface area contributed by atoms with Crippen LogP contribution < -0.4 is 10.1 Å². The van der Waals surface area contributed by atoms with Gasteiger partial charge in [-0.1, -0.05) is 30.3 Å². The molecule has 0 aliphatic heterocycles. The van der Waals surface area contributed by atoms with Crippen molar-refractivity contribution < 1.29 is 9.53 Å². The maximum atomic E-state index is 12.8. The van der Waals surface area contributed by atoms with Crippen LogP contribution in [0, 0.1) is 0 Å². The largest absolute Gasteiger partial charge is 0.494 e. The fraction of sp³-hybridized carbons (Fsp3) is 0.125. The molecule has 6 nitrogen and oxygen atoms in total. The number of nitrogens with one attached hydrogen (secondary N) is 1. The van der Waals surface area contributed by atoms with E-state index in [9.17, 15) is 4.79 Å². The molecular formula is C24H20N4O2. The fourth-order valence-corrected chi connectivity index (χ4v) is 3.69. The first-order valence-corrected chi connectivity index (χ1v) is 9.89. The first kappa shape index (κ1) is 18.1. The predicted molar refractivity (Wildman–Crippen MR) is 119 cm³/mol. The zero-order valence-electron chi connectivity index (χ0n) is 16.5. The van der Waals surface area contributed by atoms with Gasteiger partial charge >= 0.3 is 0 Å². The molecule has 3 aromatic carbocycles. The molecule has 0 radical (unpaired) electrons. The summed E-state index contributed by atoms with van der Waals surface area (Å²) in [6.07, 6.45) is 0. The van der Waals surface area contributed by atoms with E-state index < -0.39 is 0 Å². The number of rotatable bonds is 5. The van der Waals surface area contributed by atoms with Crippen LogP contribution in [-0.2, 0) is 11.3 Å². The molecule has 0 unspecified atom stereocenters. The Bertz CT molecular complexity index is 1370. The summed E-state index contributed by atoms with van der Waals surface area (Å²) < 4.78 is 7.38. The standard InChI is InChI=1S/C24H20N4O2/c1-2-30-17-13-11-16(12-14-17)25-22(29)15-28-21-10-6-3-7-18(21)23-24(28)27-20-9-5-4-8-19(20)26-23/h3-14H,2,15H2,1H3,(H,25,29). The zero-order valence-corrected chi connectivity index (χ0v) is 16.5. The van der Waals surface area contributed by atoms with Gasteiger partial charge in [-0.15, -0.1) is 0 Å². The lowest BCUT2D eigenvalue weighted by atomic mass is 10.2. The minimum atomic E-state index is -0.128. The zero-order chi connectivity index (χ0) is 20.5. The number of nitrogens with zero attached hydrogens (tertiary/aromatic N) is 3. The van der Waals surface area contributed by atoms with Crippen LogP contribution >= 0.6 is 0 Å². The van der Waals surface area contributed by atoms with Crippen LogP contribution in [-0.4, -0.2) is 27.0 Å².